The highest BCUT2D eigenvalue weighted by molar-refractivity contribution is 5.94. The van der Waals surface area contributed by atoms with E-state index in [9.17, 15) is 14.0 Å². The van der Waals surface area contributed by atoms with Crippen LogP contribution in [0.5, 0.6) is 0 Å². The lowest BCUT2D eigenvalue weighted by Crippen LogP contribution is -2.31. The Balaban J connectivity index is 1.78. The summed E-state index contributed by atoms with van der Waals surface area (Å²) < 4.78 is 14.8. The van der Waals surface area contributed by atoms with E-state index >= 15 is 0 Å². The first-order chi connectivity index (χ1) is 11.6. The number of aromatic nitrogens is 1. The lowest BCUT2D eigenvalue weighted by Gasteiger charge is -2.12. The molecular formula is C19H17FN2O2. The van der Waals surface area contributed by atoms with E-state index in [1.807, 2.05) is 30.3 Å². The van der Waals surface area contributed by atoms with E-state index in [0.717, 1.165) is 10.9 Å². The standard InChI is InChI=1S/C19H17FN2O2/c1-13-11-14-5-2-3-8-17(14)22(19(13)24)10-9-21-18(23)15-6-4-7-16(20)12-15/h2-8,11-12H,9-10H2,1H3,(H,21,23). The van der Waals surface area contributed by atoms with Gasteiger partial charge in [-0.2, -0.15) is 0 Å². The van der Waals surface area contributed by atoms with Crippen LogP contribution in [0.4, 0.5) is 4.39 Å². The van der Waals surface area contributed by atoms with E-state index in [2.05, 4.69) is 5.32 Å². The number of fused-ring (bicyclic) bond motifs is 1. The normalized spacial score (nSPS) is 10.8. The third kappa shape index (κ3) is 3.20. The second-order valence-electron chi connectivity index (χ2n) is 5.61. The fourth-order valence-electron chi connectivity index (χ4n) is 2.71. The summed E-state index contributed by atoms with van der Waals surface area (Å²) in [6, 6.07) is 15.0. The maximum absolute atomic E-state index is 13.2. The van der Waals surface area contributed by atoms with Gasteiger partial charge in [0, 0.05) is 24.2 Å². The van der Waals surface area contributed by atoms with Crippen molar-refractivity contribution in [3.05, 3.63) is 81.9 Å². The van der Waals surface area contributed by atoms with Crippen molar-refractivity contribution in [1.29, 1.82) is 0 Å². The van der Waals surface area contributed by atoms with E-state index in [0.29, 0.717) is 12.1 Å². The van der Waals surface area contributed by atoms with Crippen LogP contribution in [0.15, 0.2) is 59.4 Å². The maximum Gasteiger partial charge on any atom is 0.254 e. The molecule has 0 saturated heterocycles. The molecule has 0 radical (unpaired) electrons. The summed E-state index contributed by atoms with van der Waals surface area (Å²) in [6.07, 6.45) is 0. The van der Waals surface area contributed by atoms with Crippen LogP contribution in [-0.4, -0.2) is 17.0 Å². The number of nitrogens with zero attached hydrogens (tertiary/aromatic N) is 1. The second kappa shape index (κ2) is 6.66. The molecule has 0 fully saturated rings. The Morgan fingerprint density at radius 2 is 1.92 bits per heavy atom. The number of pyridine rings is 1. The fraction of sp³-hybridized carbons (Fsp3) is 0.158. The number of carbonyl (C=O) groups excluding carboxylic acids is 1. The molecular weight excluding hydrogens is 307 g/mol. The summed E-state index contributed by atoms with van der Waals surface area (Å²) in [5.41, 5.74) is 1.67. The van der Waals surface area contributed by atoms with Crippen LogP contribution in [-0.2, 0) is 6.54 Å². The van der Waals surface area contributed by atoms with Crippen molar-refractivity contribution >= 4 is 16.8 Å². The van der Waals surface area contributed by atoms with Gasteiger partial charge in [0.05, 0.1) is 5.52 Å². The molecule has 1 heterocycles. The second-order valence-corrected chi connectivity index (χ2v) is 5.61. The van der Waals surface area contributed by atoms with Crippen LogP contribution < -0.4 is 10.9 Å². The van der Waals surface area contributed by atoms with Crippen LogP contribution in [0, 0.1) is 12.7 Å². The van der Waals surface area contributed by atoms with Crippen molar-refractivity contribution in [3.8, 4) is 0 Å². The molecule has 1 amide bonds. The fourth-order valence-corrected chi connectivity index (χ4v) is 2.71. The molecule has 0 aliphatic carbocycles. The molecule has 122 valence electrons. The summed E-state index contributed by atoms with van der Waals surface area (Å²) >= 11 is 0. The van der Waals surface area contributed by atoms with E-state index in [4.69, 9.17) is 0 Å². The van der Waals surface area contributed by atoms with Crippen molar-refractivity contribution in [3.63, 3.8) is 0 Å². The third-order valence-corrected chi connectivity index (χ3v) is 3.89. The first kappa shape index (κ1) is 15.9. The van der Waals surface area contributed by atoms with Crippen molar-refractivity contribution in [2.24, 2.45) is 0 Å². The van der Waals surface area contributed by atoms with E-state index in [-0.39, 0.29) is 23.6 Å². The number of aryl methyl sites for hydroxylation is 1. The molecule has 24 heavy (non-hydrogen) atoms. The predicted octanol–water partition coefficient (Wildman–Crippen LogP) is 2.88. The van der Waals surface area contributed by atoms with Crippen molar-refractivity contribution < 1.29 is 9.18 Å². The van der Waals surface area contributed by atoms with Gasteiger partial charge in [-0.1, -0.05) is 24.3 Å². The highest BCUT2D eigenvalue weighted by atomic mass is 19.1. The van der Waals surface area contributed by atoms with Gasteiger partial charge in [0.25, 0.3) is 11.5 Å². The lowest BCUT2D eigenvalue weighted by molar-refractivity contribution is 0.0952. The SMILES string of the molecule is Cc1cc2ccccc2n(CCNC(=O)c2cccc(F)c2)c1=O. The zero-order valence-corrected chi connectivity index (χ0v) is 13.3. The molecule has 0 saturated carbocycles. The van der Waals surface area contributed by atoms with Crippen molar-refractivity contribution in [1.82, 2.24) is 9.88 Å². The molecule has 0 aliphatic heterocycles. The first-order valence-corrected chi connectivity index (χ1v) is 7.69. The Kier molecular flexibility index (Phi) is 4.42. The summed E-state index contributed by atoms with van der Waals surface area (Å²) in [5, 5.41) is 3.70. The molecule has 0 atom stereocenters. The van der Waals surface area contributed by atoms with Gasteiger partial charge in [-0.05, 0) is 42.6 Å². The molecule has 1 N–H and O–H groups in total. The Morgan fingerprint density at radius 1 is 1.12 bits per heavy atom. The first-order valence-electron chi connectivity index (χ1n) is 7.69. The van der Waals surface area contributed by atoms with Gasteiger partial charge in [0.15, 0.2) is 0 Å². The topological polar surface area (TPSA) is 51.1 Å². The molecule has 2 aromatic carbocycles. The molecule has 0 spiro atoms. The Morgan fingerprint density at radius 3 is 2.71 bits per heavy atom. The highest BCUT2D eigenvalue weighted by Crippen LogP contribution is 2.12. The molecule has 4 nitrogen and oxygen atoms in total. The average Bonchev–Trinajstić information content (AvgIpc) is 2.58. The molecule has 0 unspecified atom stereocenters. The summed E-state index contributed by atoms with van der Waals surface area (Å²) in [4.78, 5) is 24.4. The predicted molar refractivity (Wildman–Crippen MR) is 91.7 cm³/mol. The molecule has 0 bridgehead atoms. The Bertz CT molecular complexity index is 963. The third-order valence-electron chi connectivity index (χ3n) is 3.89. The minimum atomic E-state index is -0.455. The lowest BCUT2D eigenvalue weighted by atomic mass is 10.1. The Labute approximate surface area is 138 Å². The van der Waals surface area contributed by atoms with Crippen LogP contribution in [0.2, 0.25) is 0 Å². The van der Waals surface area contributed by atoms with Crippen molar-refractivity contribution in [2.45, 2.75) is 13.5 Å². The maximum atomic E-state index is 13.2. The number of halogens is 1. The minimum Gasteiger partial charge on any atom is -0.350 e. The Hall–Kier alpha value is -2.95. The number of benzene rings is 2. The monoisotopic (exact) mass is 324 g/mol. The number of hydrogen-bond donors (Lipinski definition) is 1. The van der Waals surface area contributed by atoms with Crippen LogP contribution in [0.25, 0.3) is 10.9 Å². The number of carbonyl (C=O) groups is 1. The molecule has 5 heteroatoms. The van der Waals surface area contributed by atoms with Crippen LogP contribution >= 0.6 is 0 Å². The largest absolute Gasteiger partial charge is 0.350 e. The summed E-state index contributed by atoms with van der Waals surface area (Å²) in [7, 11) is 0. The molecule has 0 aliphatic rings. The van der Waals surface area contributed by atoms with Crippen LogP contribution in [0.3, 0.4) is 0 Å². The number of para-hydroxylation sites is 1. The summed E-state index contributed by atoms with van der Waals surface area (Å²) in [6.45, 7) is 2.40. The van der Waals surface area contributed by atoms with Gasteiger partial charge in [-0.25, -0.2) is 4.39 Å². The van der Waals surface area contributed by atoms with E-state index in [1.165, 1.54) is 18.2 Å². The van der Waals surface area contributed by atoms with Gasteiger partial charge in [-0.15, -0.1) is 0 Å². The smallest absolute Gasteiger partial charge is 0.254 e. The molecule has 1 aromatic heterocycles. The quantitative estimate of drug-likeness (QED) is 0.802. The van der Waals surface area contributed by atoms with E-state index < -0.39 is 5.82 Å². The van der Waals surface area contributed by atoms with Crippen LogP contribution in [0.1, 0.15) is 15.9 Å². The van der Waals surface area contributed by atoms with Gasteiger partial charge in [-0.3, -0.25) is 9.59 Å². The molecule has 3 rings (SSSR count). The van der Waals surface area contributed by atoms with Gasteiger partial charge in [0.1, 0.15) is 5.82 Å². The number of amides is 1. The zero-order chi connectivity index (χ0) is 17.1. The number of hydrogen-bond acceptors (Lipinski definition) is 2. The zero-order valence-electron chi connectivity index (χ0n) is 13.3. The number of rotatable bonds is 4. The summed E-state index contributed by atoms with van der Waals surface area (Å²) in [5.74, 6) is -0.817. The van der Waals surface area contributed by atoms with Crippen molar-refractivity contribution in [2.75, 3.05) is 6.54 Å². The average molecular weight is 324 g/mol. The van der Waals surface area contributed by atoms with Gasteiger partial charge >= 0.3 is 0 Å². The van der Waals surface area contributed by atoms with E-state index in [1.54, 1.807) is 17.6 Å². The number of nitrogens with one attached hydrogen (secondary N) is 1. The molecule has 3 aromatic rings. The van der Waals surface area contributed by atoms with Gasteiger partial charge < -0.3 is 9.88 Å². The highest BCUT2D eigenvalue weighted by Gasteiger charge is 2.08. The minimum absolute atomic E-state index is 0.0753. The van der Waals surface area contributed by atoms with Gasteiger partial charge in [0.2, 0.25) is 0 Å².